The van der Waals surface area contributed by atoms with Crippen LogP contribution in [0, 0.1) is 0 Å². The normalized spacial score (nSPS) is 21.4. The zero-order chi connectivity index (χ0) is 13.7. The van der Waals surface area contributed by atoms with Crippen molar-refractivity contribution < 1.29 is 4.74 Å². The molecule has 0 aliphatic carbocycles. The largest absolute Gasteiger partial charge is 0.376 e. The smallest absolute Gasteiger partial charge is 0.0750 e. The third-order valence-electron chi connectivity index (χ3n) is 3.70. The van der Waals surface area contributed by atoms with Crippen LogP contribution in [-0.2, 0) is 4.74 Å². The summed E-state index contributed by atoms with van der Waals surface area (Å²) in [5.74, 6) is 0. The highest BCUT2D eigenvalue weighted by atomic mass is 16.5. The van der Waals surface area contributed by atoms with E-state index in [1.54, 1.807) is 0 Å². The van der Waals surface area contributed by atoms with Gasteiger partial charge in [-0.25, -0.2) is 0 Å². The van der Waals surface area contributed by atoms with Crippen molar-refractivity contribution in [1.82, 2.24) is 0 Å². The van der Waals surface area contributed by atoms with Crippen molar-refractivity contribution in [2.24, 2.45) is 5.73 Å². The summed E-state index contributed by atoms with van der Waals surface area (Å²) in [5.41, 5.74) is 8.59. The first-order valence-electron chi connectivity index (χ1n) is 7.43. The lowest BCUT2D eigenvalue weighted by atomic mass is 10.0. The number of ether oxygens (including phenoxy) is 1. The summed E-state index contributed by atoms with van der Waals surface area (Å²) < 4.78 is 5.91. The third kappa shape index (κ3) is 3.71. The van der Waals surface area contributed by atoms with Gasteiger partial charge in [0.05, 0.1) is 6.10 Å². The molecular formula is C16H26N2O. The van der Waals surface area contributed by atoms with E-state index in [4.69, 9.17) is 10.5 Å². The van der Waals surface area contributed by atoms with Crippen molar-refractivity contribution in [3.05, 3.63) is 29.8 Å². The number of anilines is 1. The number of nitrogens with zero attached hydrogens (tertiary/aromatic N) is 1. The first-order chi connectivity index (χ1) is 9.22. The summed E-state index contributed by atoms with van der Waals surface area (Å²) in [5, 5.41) is 0. The number of hydrogen-bond donors (Lipinski definition) is 1. The van der Waals surface area contributed by atoms with E-state index in [9.17, 15) is 0 Å². The fourth-order valence-corrected chi connectivity index (χ4v) is 2.74. The molecule has 1 aliphatic heterocycles. The minimum atomic E-state index is 0.0770. The fraction of sp³-hybridized carbons (Fsp3) is 0.625. The van der Waals surface area contributed by atoms with Gasteiger partial charge in [0, 0.05) is 31.4 Å². The van der Waals surface area contributed by atoms with Gasteiger partial charge >= 0.3 is 0 Å². The van der Waals surface area contributed by atoms with Crippen LogP contribution >= 0.6 is 0 Å². The predicted octanol–water partition coefficient (Wildman–Crippen LogP) is 3.10. The molecule has 1 heterocycles. The van der Waals surface area contributed by atoms with E-state index in [0.717, 1.165) is 26.1 Å². The standard InChI is InChI=1S/C16H26N2O/c1-3-11-19-14-7-6-10-18(12-14)16-9-5-4-8-15(16)13(2)17/h4-5,8-9,13-14H,3,6-7,10-12,17H2,1-2H3/t13-,14?/m1/s1. The number of piperidine rings is 1. The van der Waals surface area contributed by atoms with Gasteiger partial charge in [0.15, 0.2) is 0 Å². The monoisotopic (exact) mass is 262 g/mol. The average Bonchev–Trinajstić information content (AvgIpc) is 2.45. The Bertz CT molecular complexity index is 392. The summed E-state index contributed by atoms with van der Waals surface area (Å²) in [6.07, 6.45) is 3.83. The number of hydrogen-bond acceptors (Lipinski definition) is 3. The molecule has 0 saturated carbocycles. The second-order valence-electron chi connectivity index (χ2n) is 5.43. The van der Waals surface area contributed by atoms with Gasteiger partial charge in [0.2, 0.25) is 0 Å². The lowest BCUT2D eigenvalue weighted by Crippen LogP contribution is -2.40. The van der Waals surface area contributed by atoms with Crippen LogP contribution in [0.25, 0.3) is 0 Å². The van der Waals surface area contributed by atoms with E-state index >= 15 is 0 Å². The van der Waals surface area contributed by atoms with Crippen LogP contribution in [0.3, 0.4) is 0 Å². The molecule has 1 aromatic carbocycles. The molecule has 0 spiro atoms. The Balaban J connectivity index is 2.08. The molecular weight excluding hydrogens is 236 g/mol. The molecule has 1 aliphatic rings. The van der Waals surface area contributed by atoms with Gasteiger partial charge in [-0.15, -0.1) is 0 Å². The molecule has 0 amide bonds. The minimum absolute atomic E-state index is 0.0770. The van der Waals surface area contributed by atoms with Crippen LogP contribution in [0.15, 0.2) is 24.3 Å². The van der Waals surface area contributed by atoms with E-state index < -0.39 is 0 Å². The van der Waals surface area contributed by atoms with Gasteiger partial charge in [-0.2, -0.15) is 0 Å². The van der Waals surface area contributed by atoms with Gasteiger partial charge in [0.25, 0.3) is 0 Å². The molecule has 1 unspecified atom stereocenters. The van der Waals surface area contributed by atoms with Gasteiger partial charge in [-0.3, -0.25) is 0 Å². The summed E-state index contributed by atoms with van der Waals surface area (Å²) in [4.78, 5) is 2.43. The maximum atomic E-state index is 6.08. The lowest BCUT2D eigenvalue weighted by Gasteiger charge is -2.36. The summed E-state index contributed by atoms with van der Waals surface area (Å²) in [6, 6.07) is 8.56. The molecule has 1 fully saturated rings. The highest BCUT2D eigenvalue weighted by Gasteiger charge is 2.22. The molecule has 0 bridgehead atoms. The quantitative estimate of drug-likeness (QED) is 0.886. The van der Waals surface area contributed by atoms with Crippen molar-refractivity contribution in [3.63, 3.8) is 0 Å². The Morgan fingerprint density at radius 1 is 1.42 bits per heavy atom. The second kappa shape index (κ2) is 6.92. The van der Waals surface area contributed by atoms with Crippen LogP contribution in [0.1, 0.15) is 44.7 Å². The maximum absolute atomic E-state index is 6.08. The maximum Gasteiger partial charge on any atom is 0.0750 e. The lowest BCUT2D eigenvalue weighted by molar-refractivity contribution is 0.0440. The molecule has 19 heavy (non-hydrogen) atoms. The van der Waals surface area contributed by atoms with Crippen molar-refractivity contribution in [3.8, 4) is 0 Å². The van der Waals surface area contributed by atoms with Gasteiger partial charge < -0.3 is 15.4 Å². The third-order valence-corrected chi connectivity index (χ3v) is 3.70. The fourth-order valence-electron chi connectivity index (χ4n) is 2.74. The van der Waals surface area contributed by atoms with Crippen LogP contribution in [0.4, 0.5) is 5.69 Å². The van der Waals surface area contributed by atoms with E-state index in [0.29, 0.717) is 6.10 Å². The molecule has 3 nitrogen and oxygen atoms in total. The summed E-state index contributed by atoms with van der Waals surface area (Å²) in [7, 11) is 0. The Kier molecular flexibility index (Phi) is 5.23. The first-order valence-corrected chi connectivity index (χ1v) is 7.43. The SMILES string of the molecule is CCCOC1CCCN(c2ccccc2[C@@H](C)N)C1. The zero-order valence-electron chi connectivity index (χ0n) is 12.1. The molecule has 0 radical (unpaired) electrons. The second-order valence-corrected chi connectivity index (χ2v) is 5.43. The first kappa shape index (κ1) is 14.4. The van der Waals surface area contributed by atoms with Crippen molar-refractivity contribution >= 4 is 5.69 Å². The van der Waals surface area contributed by atoms with Crippen LogP contribution in [0.5, 0.6) is 0 Å². The Hall–Kier alpha value is -1.06. The Labute approximate surface area is 116 Å². The predicted molar refractivity (Wildman–Crippen MR) is 80.5 cm³/mol. The average molecular weight is 262 g/mol. The van der Waals surface area contributed by atoms with E-state index in [1.165, 1.54) is 24.1 Å². The molecule has 1 saturated heterocycles. The molecule has 2 N–H and O–H groups in total. The zero-order valence-corrected chi connectivity index (χ0v) is 12.1. The van der Waals surface area contributed by atoms with Crippen molar-refractivity contribution in [2.75, 3.05) is 24.6 Å². The topological polar surface area (TPSA) is 38.5 Å². The molecule has 2 rings (SSSR count). The van der Waals surface area contributed by atoms with Gasteiger partial charge in [-0.05, 0) is 37.8 Å². The Morgan fingerprint density at radius 3 is 2.95 bits per heavy atom. The highest BCUT2D eigenvalue weighted by molar-refractivity contribution is 5.55. The number of rotatable bonds is 5. The molecule has 0 aromatic heterocycles. The van der Waals surface area contributed by atoms with E-state index in [2.05, 4.69) is 36.1 Å². The van der Waals surface area contributed by atoms with Crippen molar-refractivity contribution in [2.45, 2.75) is 45.3 Å². The highest BCUT2D eigenvalue weighted by Crippen LogP contribution is 2.28. The van der Waals surface area contributed by atoms with E-state index in [-0.39, 0.29) is 6.04 Å². The van der Waals surface area contributed by atoms with E-state index in [1.807, 2.05) is 6.92 Å². The van der Waals surface area contributed by atoms with Crippen molar-refractivity contribution in [1.29, 1.82) is 0 Å². The molecule has 1 aromatic rings. The number of para-hydroxylation sites is 1. The van der Waals surface area contributed by atoms with Crippen LogP contribution in [0.2, 0.25) is 0 Å². The number of nitrogens with two attached hydrogens (primary N) is 1. The Morgan fingerprint density at radius 2 is 2.21 bits per heavy atom. The van der Waals surface area contributed by atoms with Crippen LogP contribution in [-0.4, -0.2) is 25.8 Å². The van der Waals surface area contributed by atoms with Gasteiger partial charge in [-0.1, -0.05) is 25.1 Å². The van der Waals surface area contributed by atoms with Gasteiger partial charge in [0.1, 0.15) is 0 Å². The molecule has 106 valence electrons. The number of benzene rings is 1. The summed E-state index contributed by atoms with van der Waals surface area (Å²) in [6.45, 7) is 7.17. The molecule has 3 heteroatoms. The summed E-state index contributed by atoms with van der Waals surface area (Å²) >= 11 is 0. The molecule has 2 atom stereocenters. The van der Waals surface area contributed by atoms with Crippen LogP contribution < -0.4 is 10.6 Å². The minimum Gasteiger partial charge on any atom is -0.376 e.